The Bertz CT molecular complexity index is 598. The van der Waals surface area contributed by atoms with E-state index in [4.69, 9.17) is 0 Å². The van der Waals surface area contributed by atoms with Gasteiger partial charge in [0.1, 0.15) is 0 Å². The van der Waals surface area contributed by atoms with Gasteiger partial charge in [-0.2, -0.15) is 0 Å². The zero-order chi connectivity index (χ0) is 15.6. The summed E-state index contributed by atoms with van der Waals surface area (Å²) in [5, 5.41) is 11.0. The Balaban J connectivity index is 1.68. The molecule has 2 aromatic heterocycles. The summed E-state index contributed by atoms with van der Waals surface area (Å²) in [5.41, 5.74) is 0.676. The van der Waals surface area contributed by atoms with E-state index in [9.17, 15) is 4.79 Å². The van der Waals surface area contributed by atoms with Crippen LogP contribution in [0.4, 0.5) is 5.69 Å². The van der Waals surface area contributed by atoms with Gasteiger partial charge in [0.15, 0.2) is 5.96 Å². The normalized spacial score (nSPS) is 11.0. The second-order valence-electron chi connectivity index (χ2n) is 4.47. The van der Waals surface area contributed by atoms with E-state index < -0.39 is 0 Å². The maximum atomic E-state index is 11.8. The molecule has 0 saturated carbocycles. The van der Waals surface area contributed by atoms with Gasteiger partial charge in [0.05, 0.1) is 18.4 Å². The van der Waals surface area contributed by atoms with Crippen LogP contribution < -0.4 is 16.0 Å². The van der Waals surface area contributed by atoms with Crippen LogP contribution in [0.2, 0.25) is 0 Å². The summed E-state index contributed by atoms with van der Waals surface area (Å²) in [6.45, 7) is 0.915. The van der Waals surface area contributed by atoms with Gasteiger partial charge in [0.2, 0.25) is 5.91 Å². The fourth-order valence-corrected chi connectivity index (χ4v) is 2.49. The minimum Gasteiger partial charge on any atom is -0.356 e. The third-order valence-corrected chi connectivity index (χ3v) is 3.77. The quantitative estimate of drug-likeness (QED) is 0.557. The van der Waals surface area contributed by atoms with Crippen LogP contribution in [0.1, 0.15) is 4.88 Å². The summed E-state index contributed by atoms with van der Waals surface area (Å²) >= 11 is 1.73. The maximum absolute atomic E-state index is 11.8. The highest BCUT2D eigenvalue weighted by Crippen LogP contribution is 2.07. The lowest BCUT2D eigenvalue weighted by atomic mass is 10.3. The number of nitrogens with one attached hydrogen (secondary N) is 3. The number of nitrogens with zero attached hydrogens (tertiary/aromatic N) is 2. The Morgan fingerprint density at radius 2 is 2.23 bits per heavy atom. The molecule has 0 radical (unpaired) electrons. The predicted octanol–water partition coefficient (Wildman–Crippen LogP) is 1.49. The molecule has 1 amide bonds. The average Bonchev–Trinajstić information content (AvgIpc) is 3.05. The van der Waals surface area contributed by atoms with Crippen molar-refractivity contribution >= 4 is 28.9 Å². The molecule has 0 spiro atoms. The molecule has 3 N–H and O–H groups in total. The number of amides is 1. The van der Waals surface area contributed by atoms with Crippen molar-refractivity contribution in [1.82, 2.24) is 15.6 Å². The predicted molar refractivity (Wildman–Crippen MR) is 90.3 cm³/mol. The molecule has 0 fully saturated rings. The molecule has 2 rings (SSSR count). The molecule has 116 valence electrons. The number of hydrogen-bond donors (Lipinski definition) is 3. The number of carbonyl (C=O) groups excluding carboxylic acids is 1. The van der Waals surface area contributed by atoms with Crippen molar-refractivity contribution in [3.63, 3.8) is 0 Å². The smallest absolute Gasteiger partial charge is 0.243 e. The molecular formula is C15H19N5OS. The van der Waals surface area contributed by atoms with Gasteiger partial charge in [-0.25, -0.2) is 0 Å². The number of carbonyl (C=O) groups is 1. The lowest BCUT2D eigenvalue weighted by Crippen LogP contribution is -2.42. The van der Waals surface area contributed by atoms with Gasteiger partial charge in [-0.05, 0) is 30.0 Å². The third-order valence-electron chi connectivity index (χ3n) is 2.83. The highest BCUT2D eigenvalue weighted by atomic mass is 32.1. The summed E-state index contributed by atoms with van der Waals surface area (Å²) in [6, 6.07) is 7.70. The van der Waals surface area contributed by atoms with Crippen LogP contribution in [-0.4, -0.2) is 37.0 Å². The van der Waals surface area contributed by atoms with Gasteiger partial charge < -0.3 is 16.0 Å². The molecular weight excluding hydrogens is 298 g/mol. The topological polar surface area (TPSA) is 78.4 Å². The van der Waals surface area contributed by atoms with Crippen LogP contribution in [0.3, 0.4) is 0 Å². The van der Waals surface area contributed by atoms with Gasteiger partial charge in [-0.1, -0.05) is 6.07 Å². The van der Waals surface area contributed by atoms with Crippen LogP contribution in [0.15, 0.2) is 47.0 Å². The first-order valence-corrected chi connectivity index (χ1v) is 7.82. The number of hydrogen-bond acceptors (Lipinski definition) is 4. The molecule has 7 heteroatoms. The van der Waals surface area contributed by atoms with Crippen molar-refractivity contribution in [1.29, 1.82) is 0 Å². The van der Waals surface area contributed by atoms with Crippen molar-refractivity contribution in [3.05, 3.63) is 46.9 Å². The molecule has 0 unspecified atom stereocenters. The van der Waals surface area contributed by atoms with Gasteiger partial charge in [-0.3, -0.25) is 14.8 Å². The van der Waals surface area contributed by atoms with Crippen molar-refractivity contribution in [2.75, 3.05) is 25.5 Å². The zero-order valence-electron chi connectivity index (χ0n) is 12.4. The van der Waals surface area contributed by atoms with E-state index in [1.54, 1.807) is 42.9 Å². The summed E-state index contributed by atoms with van der Waals surface area (Å²) in [5.74, 6) is 0.465. The second-order valence-corrected chi connectivity index (χ2v) is 5.50. The Hall–Kier alpha value is -2.41. The maximum Gasteiger partial charge on any atom is 0.243 e. The Morgan fingerprint density at radius 1 is 1.32 bits per heavy atom. The fourth-order valence-electron chi connectivity index (χ4n) is 1.79. The first-order valence-electron chi connectivity index (χ1n) is 6.94. The monoisotopic (exact) mass is 317 g/mol. The summed E-state index contributed by atoms with van der Waals surface area (Å²) in [6.07, 6.45) is 4.19. The SMILES string of the molecule is CN=C(NCCc1cccs1)NCC(=O)Nc1cccnc1. The lowest BCUT2D eigenvalue weighted by Gasteiger charge is -2.11. The molecule has 2 heterocycles. The van der Waals surface area contributed by atoms with E-state index in [0.29, 0.717) is 11.6 Å². The Morgan fingerprint density at radius 3 is 2.91 bits per heavy atom. The minimum absolute atomic E-state index is 0.144. The van der Waals surface area contributed by atoms with Crippen LogP contribution >= 0.6 is 11.3 Å². The number of aliphatic imine (C=N–C) groups is 1. The molecule has 0 aliphatic carbocycles. The lowest BCUT2D eigenvalue weighted by molar-refractivity contribution is -0.115. The first-order chi connectivity index (χ1) is 10.8. The van der Waals surface area contributed by atoms with Crippen molar-refractivity contribution in [2.45, 2.75) is 6.42 Å². The molecule has 0 aliphatic rings. The fraction of sp³-hybridized carbons (Fsp3) is 0.267. The molecule has 0 aromatic carbocycles. The van der Waals surface area contributed by atoms with Crippen molar-refractivity contribution in [2.24, 2.45) is 4.99 Å². The average molecular weight is 317 g/mol. The zero-order valence-corrected chi connectivity index (χ0v) is 13.2. The highest BCUT2D eigenvalue weighted by molar-refractivity contribution is 7.09. The number of guanidine groups is 1. The molecule has 2 aromatic rings. The van der Waals surface area contributed by atoms with Gasteiger partial charge in [0.25, 0.3) is 0 Å². The van der Waals surface area contributed by atoms with Crippen molar-refractivity contribution in [3.8, 4) is 0 Å². The van der Waals surface area contributed by atoms with E-state index in [2.05, 4.69) is 37.4 Å². The van der Waals surface area contributed by atoms with Crippen molar-refractivity contribution < 1.29 is 4.79 Å². The van der Waals surface area contributed by atoms with E-state index in [1.807, 2.05) is 6.07 Å². The number of anilines is 1. The number of aromatic nitrogens is 1. The van der Waals surface area contributed by atoms with Gasteiger partial charge in [-0.15, -0.1) is 11.3 Å². The van der Waals surface area contributed by atoms with E-state index in [0.717, 1.165) is 13.0 Å². The van der Waals surface area contributed by atoms with E-state index in [1.165, 1.54) is 4.88 Å². The Labute approximate surface area is 133 Å². The van der Waals surface area contributed by atoms with E-state index >= 15 is 0 Å². The number of pyridine rings is 1. The van der Waals surface area contributed by atoms with Crippen LogP contribution in [0.5, 0.6) is 0 Å². The second kappa shape index (κ2) is 8.78. The third kappa shape index (κ3) is 5.53. The largest absolute Gasteiger partial charge is 0.356 e. The molecule has 6 nitrogen and oxygen atoms in total. The summed E-state index contributed by atoms with van der Waals surface area (Å²) in [7, 11) is 1.68. The first kappa shape index (κ1) is 16.0. The van der Waals surface area contributed by atoms with E-state index in [-0.39, 0.29) is 12.5 Å². The summed E-state index contributed by atoms with van der Waals surface area (Å²) < 4.78 is 0. The highest BCUT2D eigenvalue weighted by Gasteiger charge is 2.04. The molecule has 22 heavy (non-hydrogen) atoms. The number of thiophene rings is 1. The van der Waals surface area contributed by atoms with Crippen LogP contribution in [0, 0.1) is 0 Å². The van der Waals surface area contributed by atoms with Gasteiger partial charge >= 0.3 is 0 Å². The molecule has 0 aliphatic heterocycles. The minimum atomic E-state index is -0.144. The van der Waals surface area contributed by atoms with Crippen LogP contribution in [-0.2, 0) is 11.2 Å². The summed E-state index contributed by atoms with van der Waals surface area (Å²) in [4.78, 5) is 21.2. The van der Waals surface area contributed by atoms with Gasteiger partial charge in [0, 0.05) is 24.7 Å². The Kier molecular flexibility index (Phi) is 6.38. The molecule has 0 atom stereocenters. The number of rotatable bonds is 6. The van der Waals surface area contributed by atoms with Crippen LogP contribution in [0.25, 0.3) is 0 Å². The standard InChI is InChI=1S/C15H19N5OS/c1-16-15(18-8-6-13-5-3-9-22-13)19-11-14(21)20-12-4-2-7-17-10-12/h2-5,7,9-10H,6,8,11H2,1H3,(H,20,21)(H2,16,18,19). The molecule has 0 saturated heterocycles. The molecule has 0 bridgehead atoms.